The van der Waals surface area contributed by atoms with Gasteiger partial charge in [-0.15, -0.1) is 0 Å². The fraction of sp³-hybridized carbons (Fsp3) is 0. The summed E-state index contributed by atoms with van der Waals surface area (Å²) in [6, 6.07) is 86.3. The maximum atomic E-state index is 16.7. The van der Waals surface area contributed by atoms with Crippen molar-refractivity contribution >= 4 is 123 Å². The fourth-order valence-corrected chi connectivity index (χ4v) is 18.2. The van der Waals surface area contributed by atoms with Crippen molar-refractivity contribution in [2.24, 2.45) is 0 Å². The summed E-state index contributed by atoms with van der Waals surface area (Å²) in [5, 5.41) is 16.4. The minimum Gasteiger partial charge on any atom is -0.309 e. The largest absolute Gasteiger partial charge is 0.309 e. The standard InChI is InChI=1S/C62H43O3P3/c63-66(57-28-24-44-12-1-5-17-49(44)40-57,58-29-25-45-13-2-6-18-50(45)41-58)53-32-36-55(37-33-53)68(65,62-23-11-21-48-16-9-10-22-61(48)62)56-38-34-54(35-39-56)67(64,59-30-26-46-14-3-7-19-51(46)42-59)60-31-27-47-15-4-8-20-52(47)43-60/h1-43H. The molecule has 12 rings (SSSR count). The van der Waals surface area contributed by atoms with Crippen LogP contribution in [0.1, 0.15) is 0 Å². The normalized spacial score (nSPS) is 12.3. The number of rotatable bonds is 9. The van der Waals surface area contributed by atoms with Crippen LogP contribution in [0.15, 0.2) is 261 Å². The van der Waals surface area contributed by atoms with E-state index < -0.39 is 21.4 Å². The highest BCUT2D eigenvalue weighted by molar-refractivity contribution is 7.86. The molecule has 0 aromatic heterocycles. The van der Waals surface area contributed by atoms with Crippen molar-refractivity contribution < 1.29 is 13.7 Å². The van der Waals surface area contributed by atoms with E-state index in [1.807, 2.05) is 188 Å². The molecule has 0 spiro atoms. The Morgan fingerprint density at radius 1 is 0.191 bits per heavy atom. The first-order valence-electron chi connectivity index (χ1n) is 22.8. The van der Waals surface area contributed by atoms with Gasteiger partial charge in [-0.1, -0.05) is 237 Å². The first-order chi connectivity index (χ1) is 33.3. The lowest BCUT2D eigenvalue weighted by molar-refractivity contribution is 0.591. The van der Waals surface area contributed by atoms with Gasteiger partial charge in [0.05, 0.1) is 0 Å². The first-order valence-corrected chi connectivity index (χ1v) is 27.9. The Balaban J connectivity index is 1.03. The van der Waals surface area contributed by atoms with Crippen LogP contribution in [0, 0.1) is 0 Å². The van der Waals surface area contributed by atoms with Crippen molar-refractivity contribution in [3.63, 3.8) is 0 Å². The second kappa shape index (κ2) is 16.7. The van der Waals surface area contributed by atoms with E-state index in [1.165, 1.54) is 0 Å². The van der Waals surface area contributed by atoms with Crippen molar-refractivity contribution in [1.82, 2.24) is 0 Å². The Morgan fingerprint density at radius 2 is 0.441 bits per heavy atom. The Labute approximate surface area is 395 Å². The van der Waals surface area contributed by atoms with Gasteiger partial charge in [-0.2, -0.15) is 0 Å². The van der Waals surface area contributed by atoms with Crippen molar-refractivity contribution in [3.05, 3.63) is 261 Å². The lowest BCUT2D eigenvalue weighted by atomic mass is 10.1. The predicted molar refractivity (Wildman–Crippen MR) is 292 cm³/mol. The van der Waals surface area contributed by atoms with Gasteiger partial charge in [0.2, 0.25) is 0 Å². The third kappa shape index (κ3) is 6.93. The van der Waals surface area contributed by atoms with E-state index >= 15 is 13.7 Å². The van der Waals surface area contributed by atoms with Crippen molar-refractivity contribution in [2.75, 3.05) is 0 Å². The molecule has 0 fully saturated rings. The SMILES string of the molecule is O=P(c1ccc(P(=O)(c2ccc(P(=O)(c3ccc4ccccc4c3)c3ccc4ccccc4c3)cc2)c2cccc3ccccc23)cc1)(c1ccc2ccccc2c1)c1ccc2ccccc2c1. The van der Waals surface area contributed by atoms with E-state index in [2.05, 4.69) is 72.8 Å². The third-order valence-electron chi connectivity index (χ3n) is 13.6. The van der Waals surface area contributed by atoms with E-state index in [0.29, 0.717) is 26.5 Å². The Hall–Kier alpha value is -7.37. The summed E-state index contributed by atoms with van der Waals surface area (Å²) in [5.74, 6) is 0. The lowest BCUT2D eigenvalue weighted by Gasteiger charge is -2.25. The first kappa shape index (κ1) is 42.0. The highest BCUT2D eigenvalue weighted by atomic mass is 31.2. The monoisotopic (exact) mass is 928 g/mol. The van der Waals surface area contributed by atoms with Gasteiger partial charge in [0.25, 0.3) is 0 Å². The summed E-state index contributed by atoms with van der Waals surface area (Å²) < 4.78 is 49.1. The quantitative estimate of drug-likeness (QED) is 0.136. The molecule has 0 aliphatic heterocycles. The van der Waals surface area contributed by atoms with Crippen LogP contribution < -0.4 is 47.7 Å². The van der Waals surface area contributed by atoms with Gasteiger partial charge in [0, 0.05) is 47.7 Å². The third-order valence-corrected chi connectivity index (χ3v) is 22.8. The molecule has 324 valence electrons. The topological polar surface area (TPSA) is 51.2 Å². The molecule has 68 heavy (non-hydrogen) atoms. The second-order valence-electron chi connectivity index (χ2n) is 17.5. The molecule has 0 bridgehead atoms. The molecule has 0 unspecified atom stereocenters. The molecule has 3 nitrogen and oxygen atoms in total. The zero-order valence-electron chi connectivity index (χ0n) is 36.9. The van der Waals surface area contributed by atoms with Crippen LogP contribution in [-0.4, -0.2) is 0 Å². The van der Waals surface area contributed by atoms with Gasteiger partial charge in [-0.05, 0) is 78.1 Å². The molecule has 12 aromatic rings. The summed E-state index contributed by atoms with van der Waals surface area (Å²) in [7, 11) is -10.6. The zero-order valence-corrected chi connectivity index (χ0v) is 39.6. The molecule has 12 aromatic carbocycles. The second-order valence-corrected chi connectivity index (χ2v) is 25.8. The van der Waals surface area contributed by atoms with Gasteiger partial charge in [0.1, 0.15) is 0 Å². The zero-order chi connectivity index (χ0) is 45.9. The molecule has 0 heterocycles. The predicted octanol–water partition coefficient (Wildman–Crippen LogP) is 12.4. The summed E-state index contributed by atoms with van der Waals surface area (Å²) >= 11 is 0. The fourth-order valence-electron chi connectivity index (χ4n) is 10.0. The summed E-state index contributed by atoms with van der Waals surface area (Å²) in [6.07, 6.45) is 0. The Bertz CT molecular complexity index is 3690. The van der Waals surface area contributed by atoms with Crippen LogP contribution in [0.5, 0.6) is 0 Å². The number of benzene rings is 12. The number of fused-ring (bicyclic) bond motifs is 5. The summed E-state index contributed by atoms with van der Waals surface area (Å²) in [5.41, 5.74) is 0. The van der Waals surface area contributed by atoms with E-state index in [9.17, 15) is 0 Å². The molecular weight excluding hydrogens is 886 g/mol. The molecule has 0 aliphatic rings. The van der Waals surface area contributed by atoms with Gasteiger partial charge in [0.15, 0.2) is 21.4 Å². The van der Waals surface area contributed by atoms with Crippen LogP contribution in [0.2, 0.25) is 0 Å². The van der Waals surface area contributed by atoms with Gasteiger partial charge in [-0.25, -0.2) is 0 Å². The highest BCUT2D eigenvalue weighted by Crippen LogP contribution is 2.48. The minimum absolute atomic E-state index is 0.612. The molecule has 0 saturated heterocycles. The lowest BCUT2D eigenvalue weighted by Crippen LogP contribution is -2.30. The van der Waals surface area contributed by atoms with Crippen LogP contribution in [-0.2, 0) is 13.7 Å². The summed E-state index contributed by atoms with van der Waals surface area (Å²) in [6.45, 7) is 0. The van der Waals surface area contributed by atoms with Gasteiger partial charge >= 0.3 is 0 Å². The molecule has 0 amide bonds. The van der Waals surface area contributed by atoms with Crippen LogP contribution in [0.25, 0.3) is 53.9 Å². The summed E-state index contributed by atoms with van der Waals surface area (Å²) in [4.78, 5) is 0. The van der Waals surface area contributed by atoms with E-state index in [1.54, 1.807) is 0 Å². The molecule has 0 atom stereocenters. The molecule has 6 heteroatoms. The number of hydrogen-bond donors (Lipinski definition) is 0. The van der Waals surface area contributed by atoms with Crippen molar-refractivity contribution in [1.29, 1.82) is 0 Å². The van der Waals surface area contributed by atoms with E-state index in [4.69, 9.17) is 0 Å². The Kier molecular flexibility index (Phi) is 10.3. The van der Waals surface area contributed by atoms with Crippen LogP contribution >= 0.6 is 21.4 Å². The van der Waals surface area contributed by atoms with Gasteiger partial charge < -0.3 is 13.7 Å². The molecule has 0 saturated carbocycles. The Morgan fingerprint density at radius 3 is 0.779 bits per heavy atom. The smallest absolute Gasteiger partial charge is 0.171 e. The average Bonchev–Trinajstić information content (AvgIpc) is 3.41. The van der Waals surface area contributed by atoms with Crippen LogP contribution in [0.3, 0.4) is 0 Å². The molecule has 0 aliphatic carbocycles. The maximum absolute atomic E-state index is 16.7. The van der Waals surface area contributed by atoms with Gasteiger partial charge in [-0.3, -0.25) is 0 Å². The molecular formula is C62H43O3P3. The minimum atomic E-state index is -3.66. The highest BCUT2D eigenvalue weighted by Gasteiger charge is 2.36. The maximum Gasteiger partial charge on any atom is 0.171 e. The van der Waals surface area contributed by atoms with Crippen LogP contribution in [0.4, 0.5) is 0 Å². The van der Waals surface area contributed by atoms with Crippen molar-refractivity contribution in [3.8, 4) is 0 Å². The number of hydrogen-bond acceptors (Lipinski definition) is 3. The molecule has 0 radical (unpaired) electrons. The molecule has 0 N–H and O–H groups in total. The average molecular weight is 929 g/mol. The van der Waals surface area contributed by atoms with E-state index in [0.717, 1.165) is 75.1 Å². The van der Waals surface area contributed by atoms with E-state index in [-0.39, 0.29) is 0 Å². The van der Waals surface area contributed by atoms with Crippen molar-refractivity contribution in [2.45, 2.75) is 0 Å².